The van der Waals surface area contributed by atoms with Crippen LogP contribution in [-0.4, -0.2) is 29.3 Å². The summed E-state index contributed by atoms with van der Waals surface area (Å²) in [6, 6.07) is 6.92. The first-order chi connectivity index (χ1) is 8.06. The van der Waals surface area contributed by atoms with E-state index < -0.39 is 0 Å². The molecule has 17 heavy (non-hydrogen) atoms. The van der Waals surface area contributed by atoms with E-state index in [0.717, 1.165) is 6.54 Å². The summed E-state index contributed by atoms with van der Waals surface area (Å²) in [6.45, 7) is 7.46. The zero-order valence-corrected chi connectivity index (χ0v) is 12.0. The monoisotopic (exact) mass is 253 g/mol. The van der Waals surface area contributed by atoms with Gasteiger partial charge in [-0.2, -0.15) is 11.8 Å². The predicted octanol–water partition coefficient (Wildman–Crippen LogP) is 2.51. The largest absolute Gasteiger partial charge is 0.395 e. The lowest BCUT2D eigenvalue weighted by Gasteiger charge is -2.21. The van der Waals surface area contributed by atoms with Crippen molar-refractivity contribution in [2.45, 2.75) is 38.6 Å². The molecule has 96 valence electrons. The van der Waals surface area contributed by atoms with Gasteiger partial charge in [-0.25, -0.2) is 0 Å². The molecule has 2 atom stereocenters. The van der Waals surface area contributed by atoms with Crippen LogP contribution in [0.3, 0.4) is 0 Å². The molecule has 2 nitrogen and oxygen atoms in total. The van der Waals surface area contributed by atoms with Gasteiger partial charge in [-0.3, -0.25) is 0 Å². The van der Waals surface area contributed by atoms with E-state index in [1.165, 1.54) is 16.7 Å². The molecule has 2 unspecified atom stereocenters. The standard InChI is InChI=1S/C14H23NOS/c1-10-5-11(2)7-13(6-10)8-15-12(3)14(9-16)17-4/h5-7,12,14-16H,8-9H2,1-4H3. The van der Waals surface area contributed by atoms with Crippen molar-refractivity contribution in [3.8, 4) is 0 Å². The Morgan fingerprint density at radius 3 is 2.29 bits per heavy atom. The number of benzene rings is 1. The molecular weight excluding hydrogens is 230 g/mol. The van der Waals surface area contributed by atoms with Gasteiger partial charge in [-0.05, 0) is 32.6 Å². The molecule has 1 rings (SSSR count). The van der Waals surface area contributed by atoms with E-state index in [1.807, 2.05) is 6.26 Å². The van der Waals surface area contributed by atoms with Crippen LogP contribution < -0.4 is 5.32 Å². The van der Waals surface area contributed by atoms with Crippen molar-refractivity contribution < 1.29 is 5.11 Å². The summed E-state index contributed by atoms with van der Waals surface area (Å²) in [7, 11) is 0. The molecule has 1 aromatic rings. The Bertz CT molecular complexity index is 330. The van der Waals surface area contributed by atoms with Gasteiger partial charge in [0.1, 0.15) is 0 Å². The molecule has 0 amide bonds. The lowest BCUT2D eigenvalue weighted by molar-refractivity contribution is 0.276. The molecule has 0 heterocycles. The van der Waals surface area contributed by atoms with Gasteiger partial charge in [0.2, 0.25) is 0 Å². The van der Waals surface area contributed by atoms with E-state index in [2.05, 4.69) is 44.3 Å². The second kappa shape index (κ2) is 7.04. The summed E-state index contributed by atoms with van der Waals surface area (Å²) < 4.78 is 0. The van der Waals surface area contributed by atoms with Crippen molar-refractivity contribution >= 4 is 11.8 Å². The lowest BCUT2D eigenvalue weighted by Crippen LogP contribution is -2.37. The number of nitrogens with one attached hydrogen (secondary N) is 1. The first-order valence-electron chi connectivity index (χ1n) is 6.01. The number of aliphatic hydroxyl groups is 1. The molecule has 0 saturated heterocycles. The number of hydrogen-bond donors (Lipinski definition) is 2. The smallest absolute Gasteiger partial charge is 0.0564 e. The third-order valence-electron chi connectivity index (χ3n) is 2.95. The van der Waals surface area contributed by atoms with Crippen LogP contribution in [0.2, 0.25) is 0 Å². The molecule has 0 fully saturated rings. The molecule has 2 N–H and O–H groups in total. The third-order valence-corrected chi connectivity index (χ3v) is 4.11. The van der Waals surface area contributed by atoms with Crippen LogP contribution in [0.25, 0.3) is 0 Å². The second-order valence-corrected chi connectivity index (χ2v) is 5.70. The van der Waals surface area contributed by atoms with Gasteiger partial charge in [0, 0.05) is 17.8 Å². The number of rotatable bonds is 6. The molecule has 1 aromatic carbocycles. The highest BCUT2D eigenvalue weighted by Crippen LogP contribution is 2.12. The van der Waals surface area contributed by atoms with E-state index >= 15 is 0 Å². The average molecular weight is 253 g/mol. The number of aliphatic hydroxyl groups excluding tert-OH is 1. The minimum absolute atomic E-state index is 0.224. The Labute approximate surface area is 109 Å². The van der Waals surface area contributed by atoms with E-state index in [-0.39, 0.29) is 11.9 Å². The Hall–Kier alpha value is -0.510. The van der Waals surface area contributed by atoms with Gasteiger partial charge in [0.25, 0.3) is 0 Å². The Balaban J connectivity index is 2.55. The molecule has 0 aliphatic heterocycles. The van der Waals surface area contributed by atoms with Crippen molar-refractivity contribution in [2.75, 3.05) is 12.9 Å². The first-order valence-corrected chi connectivity index (χ1v) is 7.29. The normalized spacial score (nSPS) is 14.6. The highest BCUT2D eigenvalue weighted by Gasteiger charge is 2.14. The summed E-state index contributed by atoms with van der Waals surface area (Å²) in [5.41, 5.74) is 3.92. The lowest BCUT2D eigenvalue weighted by atomic mass is 10.1. The Morgan fingerprint density at radius 1 is 1.24 bits per heavy atom. The van der Waals surface area contributed by atoms with Gasteiger partial charge < -0.3 is 10.4 Å². The van der Waals surface area contributed by atoms with Crippen LogP contribution >= 0.6 is 11.8 Å². The highest BCUT2D eigenvalue weighted by molar-refractivity contribution is 7.99. The number of hydrogen-bond acceptors (Lipinski definition) is 3. The van der Waals surface area contributed by atoms with Gasteiger partial charge in [-0.15, -0.1) is 0 Å². The molecule has 0 aromatic heterocycles. The zero-order chi connectivity index (χ0) is 12.8. The SMILES string of the molecule is CSC(CO)C(C)NCc1cc(C)cc(C)c1. The van der Waals surface area contributed by atoms with Crippen LogP contribution in [0, 0.1) is 13.8 Å². The summed E-state index contributed by atoms with van der Waals surface area (Å²) in [6.07, 6.45) is 2.04. The van der Waals surface area contributed by atoms with E-state index in [1.54, 1.807) is 11.8 Å². The molecule has 3 heteroatoms. The quantitative estimate of drug-likeness (QED) is 0.817. The van der Waals surface area contributed by atoms with Crippen LogP contribution in [0.5, 0.6) is 0 Å². The fraction of sp³-hybridized carbons (Fsp3) is 0.571. The van der Waals surface area contributed by atoms with Crippen LogP contribution in [0.15, 0.2) is 18.2 Å². The fourth-order valence-corrected chi connectivity index (χ4v) is 2.67. The van der Waals surface area contributed by atoms with Crippen molar-refractivity contribution in [2.24, 2.45) is 0 Å². The highest BCUT2D eigenvalue weighted by atomic mass is 32.2. The molecule has 0 aliphatic carbocycles. The molecule has 0 aliphatic rings. The van der Waals surface area contributed by atoms with Crippen molar-refractivity contribution in [3.05, 3.63) is 34.9 Å². The summed E-state index contributed by atoms with van der Waals surface area (Å²) in [5.74, 6) is 0. The van der Waals surface area contributed by atoms with Gasteiger partial charge in [0.05, 0.1) is 6.61 Å². The maximum atomic E-state index is 9.22. The van der Waals surface area contributed by atoms with E-state index in [0.29, 0.717) is 6.04 Å². The average Bonchev–Trinajstić information content (AvgIpc) is 2.27. The molecular formula is C14H23NOS. The predicted molar refractivity (Wildman–Crippen MR) is 76.6 cm³/mol. The Kier molecular flexibility index (Phi) is 6.03. The maximum absolute atomic E-state index is 9.22. The van der Waals surface area contributed by atoms with Crippen molar-refractivity contribution in [1.82, 2.24) is 5.32 Å². The number of thioether (sulfide) groups is 1. The van der Waals surface area contributed by atoms with Gasteiger partial charge in [0.15, 0.2) is 0 Å². The van der Waals surface area contributed by atoms with E-state index in [9.17, 15) is 5.11 Å². The first kappa shape index (κ1) is 14.6. The third kappa shape index (κ3) is 4.70. The summed E-state index contributed by atoms with van der Waals surface area (Å²) in [4.78, 5) is 0. The summed E-state index contributed by atoms with van der Waals surface area (Å²) >= 11 is 1.71. The zero-order valence-electron chi connectivity index (χ0n) is 11.2. The fourth-order valence-electron chi connectivity index (χ4n) is 2.02. The van der Waals surface area contributed by atoms with Crippen molar-refractivity contribution in [3.63, 3.8) is 0 Å². The molecule has 0 saturated carbocycles. The topological polar surface area (TPSA) is 32.3 Å². The molecule has 0 radical (unpaired) electrons. The molecule has 0 spiro atoms. The molecule has 0 bridgehead atoms. The maximum Gasteiger partial charge on any atom is 0.0564 e. The van der Waals surface area contributed by atoms with Gasteiger partial charge in [-0.1, -0.05) is 29.3 Å². The summed E-state index contributed by atoms with van der Waals surface area (Å²) in [5, 5.41) is 13.0. The van der Waals surface area contributed by atoms with Crippen LogP contribution in [-0.2, 0) is 6.54 Å². The second-order valence-electron chi connectivity index (χ2n) is 4.62. The van der Waals surface area contributed by atoms with Crippen LogP contribution in [0.1, 0.15) is 23.6 Å². The number of aryl methyl sites for hydroxylation is 2. The van der Waals surface area contributed by atoms with Gasteiger partial charge >= 0.3 is 0 Å². The van der Waals surface area contributed by atoms with Crippen molar-refractivity contribution in [1.29, 1.82) is 0 Å². The van der Waals surface area contributed by atoms with Crippen LogP contribution in [0.4, 0.5) is 0 Å². The Morgan fingerprint density at radius 2 is 1.82 bits per heavy atom. The van der Waals surface area contributed by atoms with E-state index in [4.69, 9.17) is 0 Å². The minimum atomic E-state index is 0.224. The minimum Gasteiger partial charge on any atom is -0.395 e.